The number of pyridine rings is 1. The minimum Gasteiger partial charge on any atom is -0.475 e. The number of hydrogen-bond donors (Lipinski definition) is 1. The zero-order valence-corrected chi connectivity index (χ0v) is 11.1. The Morgan fingerprint density at radius 1 is 1.29 bits per heavy atom. The fourth-order valence-electron chi connectivity index (χ4n) is 1.24. The SMILES string of the molecule is C[C@H](N)c1ccc(OCCOC(C)(C)C)nc1. The predicted octanol–water partition coefficient (Wildman–Crippen LogP) is 2.30. The van der Waals surface area contributed by atoms with Gasteiger partial charge in [-0.1, -0.05) is 6.07 Å². The quantitative estimate of drug-likeness (QED) is 0.800. The summed E-state index contributed by atoms with van der Waals surface area (Å²) in [5.74, 6) is 0.604. The van der Waals surface area contributed by atoms with Gasteiger partial charge in [-0.15, -0.1) is 0 Å². The third-order valence-electron chi connectivity index (χ3n) is 2.15. The average molecular weight is 238 g/mol. The van der Waals surface area contributed by atoms with Gasteiger partial charge < -0.3 is 15.2 Å². The van der Waals surface area contributed by atoms with Crippen molar-refractivity contribution >= 4 is 0 Å². The monoisotopic (exact) mass is 238 g/mol. The molecule has 0 amide bonds. The minimum atomic E-state index is -0.129. The van der Waals surface area contributed by atoms with E-state index in [9.17, 15) is 0 Å². The second-order valence-electron chi connectivity index (χ2n) is 5.03. The van der Waals surface area contributed by atoms with Gasteiger partial charge in [-0.25, -0.2) is 4.98 Å². The van der Waals surface area contributed by atoms with Crippen molar-refractivity contribution in [2.24, 2.45) is 5.73 Å². The first kappa shape index (κ1) is 13.9. The average Bonchev–Trinajstić information content (AvgIpc) is 2.24. The van der Waals surface area contributed by atoms with Gasteiger partial charge in [0, 0.05) is 18.3 Å². The van der Waals surface area contributed by atoms with Gasteiger partial charge in [-0.05, 0) is 33.3 Å². The summed E-state index contributed by atoms with van der Waals surface area (Å²) in [5.41, 5.74) is 6.61. The third-order valence-corrected chi connectivity index (χ3v) is 2.15. The number of aromatic nitrogens is 1. The molecular weight excluding hydrogens is 216 g/mol. The molecule has 1 heterocycles. The maximum atomic E-state index is 5.73. The predicted molar refractivity (Wildman–Crippen MR) is 68.0 cm³/mol. The lowest BCUT2D eigenvalue weighted by atomic mass is 10.2. The van der Waals surface area contributed by atoms with Crippen molar-refractivity contribution < 1.29 is 9.47 Å². The van der Waals surface area contributed by atoms with E-state index in [1.165, 1.54) is 0 Å². The van der Waals surface area contributed by atoms with Crippen LogP contribution in [0, 0.1) is 0 Å². The van der Waals surface area contributed by atoms with E-state index in [0.717, 1.165) is 5.56 Å². The summed E-state index contributed by atoms with van der Waals surface area (Å²) in [5, 5.41) is 0. The molecular formula is C13H22N2O2. The molecule has 0 saturated carbocycles. The summed E-state index contributed by atoms with van der Waals surface area (Å²) in [6.07, 6.45) is 1.74. The molecule has 0 fully saturated rings. The normalized spacial score (nSPS) is 13.5. The molecule has 17 heavy (non-hydrogen) atoms. The van der Waals surface area contributed by atoms with E-state index >= 15 is 0 Å². The maximum absolute atomic E-state index is 5.73. The van der Waals surface area contributed by atoms with Crippen molar-refractivity contribution in [3.8, 4) is 5.88 Å². The molecule has 96 valence electrons. The highest BCUT2D eigenvalue weighted by Gasteiger charge is 2.09. The van der Waals surface area contributed by atoms with Gasteiger partial charge in [0.2, 0.25) is 5.88 Å². The summed E-state index contributed by atoms with van der Waals surface area (Å²) >= 11 is 0. The first-order chi connectivity index (χ1) is 7.88. The van der Waals surface area contributed by atoms with E-state index < -0.39 is 0 Å². The molecule has 0 aliphatic heterocycles. The highest BCUT2D eigenvalue weighted by Crippen LogP contribution is 2.12. The van der Waals surface area contributed by atoms with Crippen LogP contribution >= 0.6 is 0 Å². The van der Waals surface area contributed by atoms with Crippen LogP contribution in [0.2, 0.25) is 0 Å². The van der Waals surface area contributed by atoms with Crippen LogP contribution in [-0.2, 0) is 4.74 Å². The Morgan fingerprint density at radius 3 is 2.47 bits per heavy atom. The largest absolute Gasteiger partial charge is 0.475 e. The Bertz CT molecular complexity index is 328. The van der Waals surface area contributed by atoms with E-state index in [4.69, 9.17) is 15.2 Å². The second-order valence-corrected chi connectivity index (χ2v) is 5.03. The molecule has 0 aromatic carbocycles. The summed E-state index contributed by atoms with van der Waals surface area (Å²) in [6, 6.07) is 3.76. The summed E-state index contributed by atoms with van der Waals surface area (Å²) in [7, 11) is 0. The van der Waals surface area contributed by atoms with Crippen LogP contribution in [0.3, 0.4) is 0 Å². The lowest BCUT2D eigenvalue weighted by molar-refractivity contribution is -0.0168. The van der Waals surface area contributed by atoms with Crippen LogP contribution in [-0.4, -0.2) is 23.8 Å². The summed E-state index contributed by atoms with van der Waals surface area (Å²) in [6.45, 7) is 9.03. The van der Waals surface area contributed by atoms with Crippen molar-refractivity contribution in [3.05, 3.63) is 23.9 Å². The number of nitrogens with two attached hydrogens (primary N) is 1. The fourth-order valence-corrected chi connectivity index (χ4v) is 1.24. The highest BCUT2D eigenvalue weighted by molar-refractivity contribution is 5.19. The van der Waals surface area contributed by atoms with Gasteiger partial charge in [0.05, 0.1) is 12.2 Å². The minimum absolute atomic E-state index is 0.000717. The van der Waals surface area contributed by atoms with E-state index in [-0.39, 0.29) is 11.6 Å². The maximum Gasteiger partial charge on any atom is 0.213 e. The second kappa shape index (κ2) is 5.98. The lowest BCUT2D eigenvalue weighted by Crippen LogP contribution is -2.22. The Labute approximate surface area is 103 Å². The molecule has 0 spiro atoms. The van der Waals surface area contributed by atoms with Crippen LogP contribution < -0.4 is 10.5 Å². The fraction of sp³-hybridized carbons (Fsp3) is 0.615. The summed E-state index contributed by atoms with van der Waals surface area (Å²) < 4.78 is 11.0. The summed E-state index contributed by atoms with van der Waals surface area (Å²) in [4.78, 5) is 4.18. The van der Waals surface area contributed by atoms with Crippen molar-refractivity contribution in [2.45, 2.75) is 39.3 Å². The standard InChI is InChI=1S/C13H22N2O2/c1-10(14)11-5-6-12(15-9-11)16-7-8-17-13(2,3)4/h5-6,9-10H,7-8,14H2,1-4H3/t10-/m0/s1. The van der Waals surface area contributed by atoms with Gasteiger partial charge in [0.25, 0.3) is 0 Å². The zero-order valence-electron chi connectivity index (χ0n) is 11.1. The molecule has 2 N–H and O–H groups in total. The van der Waals surface area contributed by atoms with E-state index in [1.54, 1.807) is 6.20 Å². The molecule has 4 heteroatoms. The highest BCUT2D eigenvalue weighted by atomic mass is 16.5. The molecule has 0 saturated heterocycles. The Morgan fingerprint density at radius 2 is 2.00 bits per heavy atom. The van der Waals surface area contributed by atoms with Gasteiger partial charge in [0.15, 0.2) is 0 Å². The Hall–Kier alpha value is -1.13. The molecule has 0 bridgehead atoms. The van der Waals surface area contributed by atoms with Crippen LogP contribution in [0.5, 0.6) is 5.88 Å². The molecule has 1 rings (SSSR count). The van der Waals surface area contributed by atoms with Crippen molar-refractivity contribution in [1.82, 2.24) is 4.98 Å². The third kappa shape index (κ3) is 5.65. The zero-order chi connectivity index (χ0) is 12.9. The Balaban J connectivity index is 2.33. The van der Waals surface area contributed by atoms with E-state index in [0.29, 0.717) is 19.1 Å². The molecule has 0 unspecified atom stereocenters. The van der Waals surface area contributed by atoms with Crippen LogP contribution in [0.15, 0.2) is 18.3 Å². The van der Waals surface area contributed by atoms with Crippen LogP contribution in [0.25, 0.3) is 0 Å². The number of ether oxygens (including phenoxy) is 2. The van der Waals surface area contributed by atoms with Gasteiger partial charge in [-0.2, -0.15) is 0 Å². The van der Waals surface area contributed by atoms with Crippen LogP contribution in [0.4, 0.5) is 0 Å². The number of hydrogen-bond acceptors (Lipinski definition) is 4. The van der Waals surface area contributed by atoms with Crippen molar-refractivity contribution in [2.75, 3.05) is 13.2 Å². The first-order valence-electron chi connectivity index (χ1n) is 5.87. The van der Waals surface area contributed by atoms with Gasteiger partial charge >= 0.3 is 0 Å². The molecule has 1 aromatic rings. The van der Waals surface area contributed by atoms with Gasteiger partial charge in [0.1, 0.15) is 6.61 Å². The Kier molecular flexibility index (Phi) is 4.90. The molecule has 0 aliphatic rings. The number of nitrogens with zero attached hydrogens (tertiary/aromatic N) is 1. The van der Waals surface area contributed by atoms with E-state index in [1.807, 2.05) is 39.8 Å². The first-order valence-corrected chi connectivity index (χ1v) is 5.87. The molecule has 1 atom stereocenters. The van der Waals surface area contributed by atoms with Gasteiger partial charge in [-0.3, -0.25) is 0 Å². The molecule has 4 nitrogen and oxygen atoms in total. The van der Waals surface area contributed by atoms with E-state index in [2.05, 4.69) is 4.98 Å². The molecule has 0 radical (unpaired) electrons. The van der Waals surface area contributed by atoms with Crippen molar-refractivity contribution in [1.29, 1.82) is 0 Å². The smallest absolute Gasteiger partial charge is 0.213 e. The topological polar surface area (TPSA) is 57.4 Å². The van der Waals surface area contributed by atoms with Crippen molar-refractivity contribution in [3.63, 3.8) is 0 Å². The van der Waals surface area contributed by atoms with Crippen LogP contribution in [0.1, 0.15) is 39.3 Å². The molecule has 0 aliphatic carbocycles. The number of rotatable bonds is 5. The molecule has 1 aromatic heterocycles. The lowest BCUT2D eigenvalue weighted by Gasteiger charge is -2.19.